The Balaban J connectivity index is 2.46. The number of amides is 1. The van der Waals surface area contributed by atoms with Crippen LogP contribution >= 0.6 is 0 Å². The summed E-state index contributed by atoms with van der Waals surface area (Å²) in [5.74, 6) is 0. The largest absolute Gasteiger partial charge is 0.448 e. The van der Waals surface area contributed by atoms with E-state index in [-0.39, 0.29) is 18.7 Å². The third-order valence-electron chi connectivity index (χ3n) is 1.59. The molecule has 0 aromatic carbocycles. The van der Waals surface area contributed by atoms with Crippen LogP contribution in [0, 0.1) is 0 Å². The summed E-state index contributed by atoms with van der Waals surface area (Å²) in [4.78, 5) is 12.3. The van der Waals surface area contributed by atoms with E-state index < -0.39 is 0 Å². The van der Waals surface area contributed by atoms with Crippen LogP contribution in [0.2, 0.25) is 0 Å². The lowest BCUT2D eigenvalue weighted by Crippen LogP contribution is -2.36. The summed E-state index contributed by atoms with van der Waals surface area (Å²) in [6.07, 6.45) is -0.318. The smallest absolute Gasteiger partial charge is 0.410 e. The Bertz CT molecular complexity index is 137. The maximum absolute atomic E-state index is 10.8. The molecule has 0 spiro atoms. The summed E-state index contributed by atoms with van der Waals surface area (Å²) < 4.78 is 4.66. The van der Waals surface area contributed by atoms with Gasteiger partial charge in [0, 0.05) is 0 Å². The molecule has 1 aliphatic rings. The Labute approximate surface area is 59.4 Å². The average molecular weight is 145 g/mol. The molecule has 1 rings (SSSR count). The first-order chi connectivity index (χ1) is 4.75. The second-order valence-electron chi connectivity index (χ2n) is 2.34. The molecular formula is C6H11NO3. The lowest BCUT2D eigenvalue weighted by Gasteiger charge is -2.18. The fourth-order valence-corrected chi connectivity index (χ4v) is 0.904. The number of rotatable bonds is 2. The van der Waals surface area contributed by atoms with Crippen molar-refractivity contribution in [3.05, 3.63) is 0 Å². The van der Waals surface area contributed by atoms with Gasteiger partial charge in [-0.1, -0.05) is 0 Å². The monoisotopic (exact) mass is 145 g/mol. The van der Waals surface area contributed by atoms with Crippen molar-refractivity contribution in [1.82, 2.24) is 4.90 Å². The van der Waals surface area contributed by atoms with Crippen LogP contribution in [0.5, 0.6) is 0 Å². The van der Waals surface area contributed by atoms with Gasteiger partial charge in [-0.25, -0.2) is 4.79 Å². The van der Waals surface area contributed by atoms with E-state index in [1.807, 2.05) is 0 Å². The third-order valence-corrected chi connectivity index (χ3v) is 1.59. The fourth-order valence-electron chi connectivity index (χ4n) is 0.904. The van der Waals surface area contributed by atoms with E-state index in [2.05, 4.69) is 4.74 Å². The SMILES string of the molecule is C[C@@H](CO)N1CCOC1=O. The van der Waals surface area contributed by atoms with Gasteiger partial charge in [-0.2, -0.15) is 0 Å². The molecule has 0 aliphatic carbocycles. The van der Waals surface area contributed by atoms with Gasteiger partial charge in [0.05, 0.1) is 19.2 Å². The first-order valence-corrected chi connectivity index (χ1v) is 3.30. The van der Waals surface area contributed by atoms with E-state index >= 15 is 0 Å². The van der Waals surface area contributed by atoms with Gasteiger partial charge in [-0.15, -0.1) is 0 Å². The Kier molecular flexibility index (Phi) is 2.11. The first kappa shape index (κ1) is 7.34. The number of aliphatic hydroxyl groups is 1. The van der Waals surface area contributed by atoms with Crippen LogP contribution in [0.1, 0.15) is 6.92 Å². The van der Waals surface area contributed by atoms with E-state index in [0.29, 0.717) is 13.2 Å². The molecular weight excluding hydrogens is 134 g/mol. The van der Waals surface area contributed by atoms with Crippen LogP contribution < -0.4 is 0 Å². The van der Waals surface area contributed by atoms with Gasteiger partial charge in [0.2, 0.25) is 0 Å². The summed E-state index contributed by atoms with van der Waals surface area (Å²) in [7, 11) is 0. The molecule has 1 aliphatic heterocycles. The molecule has 0 radical (unpaired) electrons. The third kappa shape index (κ3) is 1.21. The molecule has 10 heavy (non-hydrogen) atoms. The molecule has 1 N–H and O–H groups in total. The van der Waals surface area contributed by atoms with Crippen molar-refractivity contribution >= 4 is 6.09 Å². The van der Waals surface area contributed by atoms with Crippen LogP contribution in [0.15, 0.2) is 0 Å². The van der Waals surface area contributed by atoms with Crippen molar-refractivity contribution in [2.75, 3.05) is 19.8 Å². The Morgan fingerprint density at radius 1 is 1.90 bits per heavy atom. The molecule has 1 atom stereocenters. The summed E-state index contributed by atoms with van der Waals surface area (Å²) >= 11 is 0. The number of nitrogens with zero attached hydrogens (tertiary/aromatic N) is 1. The molecule has 58 valence electrons. The lowest BCUT2D eigenvalue weighted by molar-refractivity contribution is 0.131. The predicted molar refractivity (Wildman–Crippen MR) is 34.6 cm³/mol. The number of carbonyl (C=O) groups is 1. The summed E-state index contributed by atoms with van der Waals surface area (Å²) in [5, 5.41) is 8.66. The van der Waals surface area contributed by atoms with Crippen LogP contribution in [0.3, 0.4) is 0 Å². The van der Waals surface area contributed by atoms with Gasteiger partial charge in [-0.05, 0) is 6.92 Å². The normalized spacial score (nSPS) is 21.0. The number of hydrogen-bond donors (Lipinski definition) is 1. The highest BCUT2D eigenvalue weighted by Gasteiger charge is 2.25. The molecule has 1 amide bonds. The quantitative estimate of drug-likeness (QED) is 0.586. The van der Waals surface area contributed by atoms with Crippen molar-refractivity contribution < 1.29 is 14.6 Å². The minimum absolute atomic E-state index is 0.00486. The summed E-state index contributed by atoms with van der Waals surface area (Å²) in [6, 6.07) is -0.116. The van der Waals surface area contributed by atoms with E-state index in [4.69, 9.17) is 5.11 Å². The van der Waals surface area contributed by atoms with Gasteiger partial charge in [-0.3, -0.25) is 4.90 Å². The number of aliphatic hydroxyl groups excluding tert-OH is 1. The Morgan fingerprint density at radius 3 is 3.00 bits per heavy atom. The number of hydrogen-bond acceptors (Lipinski definition) is 3. The van der Waals surface area contributed by atoms with Crippen molar-refractivity contribution in [2.24, 2.45) is 0 Å². The average Bonchev–Trinajstić information content (AvgIpc) is 2.34. The molecule has 4 heteroatoms. The van der Waals surface area contributed by atoms with E-state index in [0.717, 1.165) is 0 Å². The van der Waals surface area contributed by atoms with Crippen molar-refractivity contribution in [3.8, 4) is 0 Å². The van der Waals surface area contributed by atoms with Crippen molar-refractivity contribution in [3.63, 3.8) is 0 Å². The number of cyclic esters (lactones) is 1. The van der Waals surface area contributed by atoms with Gasteiger partial charge < -0.3 is 9.84 Å². The standard InChI is InChI=1S/C6H11NO3/c1-5(4-8)7-2-3-10-6(7)9/h5,8H,2-4H2,1H3/t5-/m0/s1. The van der Waals surface area contributed by atoms with Gasteiger partial charge in [0.25, 0.3) is 0 Å². The lowest BCUT2D eigenvalue weighted by atomic mass is 10.3. The fraction of sp³-hybridized carbons (Fsp3) is 0.833. The van der Waals surface area contributed by atoms with Gasteiger partial charge >= 0.3 is 6.09 Å². The molecule has 1 saturated heterocycles. The first-order valence-electron chi connectivity index (χ1n) is 3.30. The molecule has 0 aromatic rings. The van der Waals surface area contributed by atoms with Gasteiger partial charge in [0.15, 0.2) is 0 Å². The molecule has 0 aromatic heterocycles. The highest BCUT2D eigenvalue weighted by atomic mass is 16.6. The Morgan fingerprint density at radius 2 is 2.60 bits per heavy atom. The van der Waals surface area contributed by atoms with Crippen molar-refractivity contribution in [1.29, 1.82) is 0 Å². The second-order valence-corrected chi connectivity index (χ2v) is 2.34. The maximum atomic E-state index is 10.8. The van der Waals surface area contributed by atoms with Crippen LogP contribution in [0.4, 0.5) is 4.79 Å². The zero-order valence-electron chi connectivity index (χ0n) is 5.91. The highest BCUT2D eigenvalue weighted by Crippen LogP contribution is 2.07. The molecule has 1 heterocycles. The summed E-state index contributed by atoms with van der Waals surface area (Å²) in [6.45, 7) is 2.82. The minimum Gasteiger partial charge on any atom is -0.448 e. The van der Waals surface area contributed by atoms with E-state index in [9.17, 15) is 4.79 Å². The zero-order chi connectivity index (χ0) is 7.56. The zero-order valence-corrected chi connectivity index (χ0v) is 5.91. The molecule has 1 fully saturated rings. The van der Waals surface area contributed by atoms with Gasteiger partial charge in [0.1, 0.15) is 6.61 Å². The van der Waals surface area contributed by atoms with Crippen LogP contribution in [0.25, 0.3) is 0 Å². The second kappa shape index (κ2) is 2.88. The maximum Gasteiger partial charge on any atom is 0.410 e. The molecule has 4 nitrogen and oxygen atoms in total. The topological polar surface area (TPSA) is 49.8 Å². The molecule has 0 bridgehead atoms. The van der Waals surface area contributed by atoms with Crippen molar-refractivity contribution in [2.45, 2.75) is 13.0 Å². The highest BCUT2D eigenvalue weighted by molar-refractivity contribution is 5.69. The Hall–Kier alpha value is -0.770. The molecule has 0 unspecified atom stereocenters. The predicted octanol–water partition coefficient (Wildman–Crippen LogP) is -0.181. The van der Waals surface area contributed by atoms with E-state index in [1.54, 1.807) is 6.92 Å². The number of ether oxygens (including phenoxy) is 1. The van der Waals surface area contributed by atoms with Crippen LogP contribution in [-0.4, -0.2) is 41.9 Å². The molecule has 0 saturated carbocycles. The number of carbonyl (C=O) groups excluding carboxylic acids is 1. The van der Waals surface area contributed by atoms with Crippen LogP contribution in [-0.2, 0) is 4.74 Å². The van der Waals surface area contributed by atoms with E-state index in [1.165, 1.54) is 4.90 Å². The summed E-state index contributed by atoms with van der Waals surface area (Å²) in [5.41, 5.74) is 0. The minimum atomic E-state index is -0.318.